The molecule has 0 aliphatic carbocycles. The number of likely N-dealkylation sites (N-methyl/N-ethyl adjacent to an activating group) is 1. The standard InChI is InChI=1S/C18H19FN2O5S/c1-2-20-18(22)12-21(14-5-3-4-13(19)10-14)27(23,24)15-6-7-16-17(11-15)26-9-8-25-16/h3-7,10-11H,2,8-9,12H2,1H3,(H,20,22). The van der Waals surface area contributed by atoms with Crippen LogP contribution in [-0.4, -0.2) is 40.6 Å². The van der Waals surface area contributed by atoms with Gasteiger partial charge in [-0.25, -0.2) is 12.8 Å². The maximum atomic E-state index is 13.7. The number of amides is 1. The summed E-state index contributed by atoms with van der Waals surface area (Å²) >= 11 is 0. The van der Waals surface area contributed by atoms with Crippen LogP contribution in [0.4, 0.5) is 10.1 Å². The highest BCUT2D eigenvalue weighted by Gasteiger charge is 2.29. The number of anilines is 1. The second-order valence-electron chi connectivity index (χ2n) is 5.75. The van der Waals surface area contributed by atoms with Gasteiger partial charge in [-0.2, -0.15) is 0 Å². The summed E-state index contributed by atoms with van der Waals surface area (Å²) in [7, 11) is -4.15. The molecule has 0 unspecified atom stereocenters. The van der Waals surface area contributed by atoms with E-state index in [-0.39, 0.29) is 10.6 Å². The largest absolute Gasteiger partial charge is 0.486 e. The zero-order valence-electron chi connectivity index (χ0n) is 14.6. The SMILES string of the molecule is CCNC(=O)CN(c1cccc(F)c1)S(=O)(=O)c1ccc2c(c1)OCCO2. The maximum absolute atomic E-state index is 13.7. The van der Waals surface area contributed by atoms with Crippen molar-refractivity contribution >= 4 is 21.6 Å². The fraction of sp³-hybridized carbons (Fsp3) is 0.278. The molecule has 0 saturated heterocycles. The van der Waals surface area contributed by atoms with Gasteiger partial charge >= 0.3 is 0 Å². The summed E-state index contributed by atoms with van der Waals surface area (Å²) in [5.41, 5.74) is 0.0520. The highest BCUT2D eigenvalue weighted by molar-refractivity contribution is 7.92. The number of ether oxygens (including phenoxy) is 2. The first-order chi connectivity index (χ1) is 12.9. The van der Waals surface area contributed by atoms with Gasteiger partial charge in [0.15, 0.2) is 11.5 Å². The van der Waals surface area contributed by atoms with Crippen LogP contribution in [0.2, 0.25) is 0 Å². The van der Waals surface area contributed by atoms with Crippen molar-refractivity contribution in [1.29, 1.82) is 0 Å². The minimum Gasteiger partial charge on any atom is -0.486 e. The lowest BCUT2D eigenvalue weighted by molar-refractivity contribution is -0.119. The number of hydrogen-bond acceptors (Lipinski definition) is 5. The van der Waals surface area contributed by atoms with Crippen LogP contribution in [0.1, 0.15) is 6.92 Å². The molecule has 3 rings (SSSR count). The zero-order chi connectivity index (χ0) is 19.4. The first kappa shape index (κ1) is 19.0. The Labute approximate surface area is 156 Å². The fourth-order valence-electron chi connectivity index (χ4n) is 2.64. The average molecular weight is 394 g/mol. The summed E-state index contributed by atoms with van der Waals surface area (Å²) in [6, 6.07) is 9.28. The van der Waals surface area contributed by atoms with Crippen LogP contribution in [0.15, 0.2) is 47.4 Å². The minimum absolute atomic E-state index is 0.0520. The summed E-state index contributed by atoms with van der Waals surface area (Å²) in [6.07, 6.45) is 0. The molecule has 2 aromatic carbocycles. The van der Waals surface area contributed by atoms with Gasteiger partial charge in [-0.05, 0) is 37.3 Å². The quantitative estimate of drug-likeness (QED) is 0.809. The van der Waals surface area contributed by atoms with E-state index in [9.17, 15) is 17.6 Å². The topological polar surface area (TPSA) is 84.9 Å². The average Bonchev–Trinajstić information content (AvgIpc) is 2.66. The van der Waals surface area contributed by atoms with Crippen LogP contribution < -0.4 is 19.1 Å². The zero-order valence-corrected chi connectivity index (χ0v) is 15.5. The van der Waals surface area contributed by atoms with E-state index in [0.29, 0.717) is 31.3 Å². The summed E-state index contributed by atoms with van der Waals surface area (Å²) in [6.45, 7) is 2.28. The molecule has 0 atom stereocenters. The summed E-state index contributed by atoms with van der Waals surface area (Å²) in [5.74, 6) is -0.352. The molecule has 1 aliphatic heterocycles. The Hall–Kier alpha value is -2.81. The summed E-state index contributed by atoms with van der Waals surface area (Å²) < 4.78 is 51.8. The smallest absolute Gasteiger partial charge is 0.264 e. The number of nitrogens with zero attached hydrogens (tertiary/aromatic N) is 1. The molecule has 0 saturated carbocycles. The number of rotatable bonds is 6. The molecular formula is C18H19FN2O5S. The molecule has 2 aromatic rings. The number of carbonyl (C=O) groups is 1. The molecule has 27 heavy (non-hydrogen) atoms. The summed E-state index contributed by atoms with van der Waals surface area (Å²) in [4.78, 5) is 12.0. The normalized spacial score (nSPS) is 13.1. The van der Waals surface area contributed by atoms with E-state index in [0.717, 1.165) is 10.4 Å². The number of fused-ring (bicyclic) bond motifs is 1. The Kier molecular flexibility index (Phi) is 5.50. The Balaban J connectivity index is 2.02. The van der Waals surface area contributed by atoms with E-state index in [1.54, 1.807) is 6.92 Å². The fourth-order valence-corrected chi connectivity index (χ4v) is 4.07. The maximum Gasteiger partial charge on any atom is 0.264 e. The molecule has 0 spiro atoms. The minimum atomic E-state index is -4.15. The van der Waals surface area contributed by atoms with Crippen molar-refractivity contribution in [3.05, 3.63) is 48.3 Å². The van der Waals surface area contributed by atoms with E-state index in [1.165, 1.54) is 36.4 Å². The van der Waals surface area contributed by atoms with Gasteiger partial charge in [-0.3, -0.25) is 9.10 Å². The lowest BCUT2D eigenvalue weighted by Crippen LogP contribution is -2.40. The second kappa shape index (κ2) is 7.83. The van der Waals surface area contributed by atoms with Crippen molar-refractivity contribution in [2.75, 3.05) is 30.6 Å². The first-order valence-corrected chi connectivity index (χ1v) is 9.80. The predicted octanol–water partition coefficient (Wildman–Crippen LogP) is 1.93. The molecule has 144 valence electrons. The Morgan fingerprint density at radius 3 is 2.59 bits per heavy atom. The number of carbonyl (C=O) groups excluding carboxylic acids is 1. The molecule has 0 fully saturated rings. The highest BCUT2D eigenvalue weighted by atomic mass is 32.2. The number of nitrogens with one attached hydrogen (secondary N) is 1. The van der Waals surface area contributed by atoms with Crippen LogP contribution in [-0.2, 0) is 14.8 Å². The van der Waals surface area contributed by atoms with Crippen LogP contribution in [0.5, 0.6) is 11.5 Å². The molecule has 1 heterocycles. The van der Waals surface area contributed by atoms with Crippen molar-refractivity contribution in [3.63, 3.8) is 0 Å². The Morgan fingerprint density at radius 2 is 1.89 bits per heavy atom. The molecule has 9 heteroatoms. The monoisotopic (exact) mass is 394 g/mol. The molecular weight excluding hydrogens is 375 g/mol. The molecule has 1 aliphatic rings. The van der Waals surface area contributed by atoms with Gasteiger partial charge in [0.05, 0.1) is 10.6 Å². The van der Waals surface area contributed by atoms with Crippen molar-refractivity contribution in [2.24, 2.45) is 0 Å². The first-order valence-electron chi connectivity index (χ1n) is 8.36. The second-order valence-corrected chi connectivity index (χ2v) is 7.61. The van der Waals surface area contributed by atoms with Gasteiger partial charge in [0.2, 0.25) is 5.91 Å². The van der Waals surface area contributed by atoms with E-state index < -0.39 is 28.3 Å². The Bertz CT molecular complexity index is 949. The number of benzene rings is 2. The predicted molar refractivity (Wildman–Crippen MR) is 97.0 cm³/mol. The van der Waals surface area contributed by atoms with Gasteiger partial charge in [0, 0.05) is 12.6 Å². The van der Waals surface area contributed by atoms with Gasteiger partial charge in [0.1, 0.15) is 25.6 Å². The van der Waals surface area contributed by atoms with Gasteiger partial charge < -0.3 is 14.8 Å². The van der Waals surface area contributed by atoms with Crippen LogP contribution in [0.3, 0.4) is 0 Å². The number of sulfonamides is 1. The number of hydrogen-bond donors (Lipinski definition) is 1. The lowest BCUT2D eigenvalue weighted by atomic mass is 10.3. The van der Waals surface area contributed by atoms with Crippen molar-refractivity contribution < 1.29 is 27.1 Å². The molecule has 0 aromatic heterocycles. The Morgan fingerprint density at radius 1 is 1.15 bits per heavy atom. The van der Waals surface area contributed by atoms with Crippen LogP contribution >= 0.6 is 0 Å². The molecule has 1 amide bonds. The third-order valence-corrected chi connectivity index (χ3v) is 5.63. The molecule has 0 radical (unpaired) electrons. The lowest BCUT2D eigenvalue weighted by Gasteiger charge is -2.25. The van der Waals surface area contributed by atoms with E-state index in [4.69, 9.17) is 9.47 Å². The van der Waals surface area contributed by atoms with Crippen molar-refractivity contribution in [1.82, 2.24) is 5.32 Å². The third-order valence-electron chi connectivity index (χ3n) is 3.86. The van der Waals surface area contributed by atoms with Crippen LogP contribution in [0, 0.1) is 5.82 Å². The van der Waals surface area contributed by atoms with E-state index >= 15 is 0 Å². The molecule has 1 N–H and O–H groups in total. The van der Waals surface area contributed by atoms with Gasteiger partial charge in [-0.1, -0.05) is 6.07 Å². The highest BCUT2D eigenvalue weighted by Crippen LogP contribution is 2.34. The summed E-state index contributed by atoms with van der Waals surface area (Å²) in [5, 5.41) is 2.55. The van der Waals surface area contributed by atoms with Gasteiger partial charge in [-0.15, -0.1) is 0 Å². The third kappa shape index (κ3) is 4.13. The van der Waals surface area contributed by atoms with E-state index in [1.807, 2.05) is 0 Å². The van der Waals surface area contributed by atoms with Gasteiger partial charge in [0.25, 0.3) is 10.0 Å². The molecule has 0 bridgehead atoms. The van der Waals surface area contributed by atoms with Crippen LogP contribution in [0.25, 0.3) is 0 Å². The van der Waals surface area contributed by atoms with Crippen molar-refractivity contribution in [2.45, 2.75) is 11.8 Å². The number of halogens is 1. The van der Waals surface area contributed by atoms with E-state index in [2.05, 4.69) is 5.32 Å². The van der Waals surface area contributed by atoms with Crippen molar-refractivity contribution in [3.8, 4) is 11.5 Å². The molecule has 7 nitrogen and oxygen atoms in total.